The zero-order valence-corrected chi connectivity index (χ0v) is 11.1. The van der Waals surface area contributed by atoms with E-state index in [0.717, 1.165) is 6.42 Å². The summed E-state index contributed by atoms with van der Waals surface area (Å²) in [5, 5.41) is 12.1. The molecule has 0 aromatic heterocycles. The van der Waals surface area contributed by atoms with E-state index in [2.05, 4.69) is 5.32 Å². The number of rotatable bonds is 5. The van der Waals surface area contributed by atoms with E-state index < -0.39 is 18.1 Å². The van der Waals surface area contributed by atoms with Crippen molar-refractivity contribution in [2.75, 3.05) is 6.61 Å². The molecule has 18 heavy (non-hydrogen) atoms. The number of halogens is 3. The molecule has 108 valence electrons. The molecule has 3 unspecified atom stereocenters. The van der Waals surface area contributed by atoms with Gasteiger partial charge in [-0.3, -0.25) is 0 Å². The first-order chi connectivity index (χ1) is 8.36. The van der Waals surface area contributed by atoms with Crippen LogP contribution < -0.4 is 5.32 Å². The van der Waals surface area contributed by atoms with Gasteiger partial charge in [-0.15, -0.1) is 0 Å². The van der Waals surface area contributed by atoms with Crippen molar-refractivity contribution in [3.63, 3.8) is 0 Å². The number of alkyl halides is 3. The summed E-state index contributed by atoms with van der Waals surface area (Å²) in [6.45, 7) is 3.96. The van der Waals surface area contributed by atoms with Crippen molar-refractivity contribution in [3.05, 3.63) is 0 Å². The second-order valence-corrected chi connectivity index (χ2v) is 5.57. The SMILES string of the molecule is CC(C)C(CCO)NC1CCCCC1C(F)(F)F. The van der Waals surface area contributed by atoms with E-state index in [4.69, 9.17) is 5.11 Å². The largest absolute Gasteiger partial charge is 0.396 e. The highest BCUT2D eigenvalue weighted by Gasteiger charge is 2.45. The molecule has 0 amide bonds. The van der Waals surface area contributed by atoms with Crippen molar-refractivity contribution in [1.29, 1.82) is 0 Å². The van der Waals surface area contributed by atoms with Crippen LogP contribution in [0.25, 0.3) is 0 Å². The predicted molar refractivity (Wildman–Crippen MR) is 65.3 cm³/mol. The highest BCUT2D eigenvalue weighted by atomic mass is 19.4. The quantitative estimate of drug-likeness (QED) is 0.802. The molecule has 0 bridgehead atoms. The van der Waals surface area contributed by atoms with Crippen molar-refractivity contribution in [3.8, 4) is 0 Å². The molecule has 1 aliphatic rings. The summed E-state index contributed by atoms with van der Waals surface area (Å²) in [6.07, 6.45) is -1.27. The average Bonchev–Trinajstić information content (AvgIpc) is 2.27. The smallest absolute Gasteiger partial charge is 0.393 e. The topological polar surface area (TPSA) is 32.3 Å². The lowest BCUT2D eigenvalue weighted by molar-refractivity contribution is -0.189. The fraction of sp³-hybridized carbons (Fsp3) is 1.00. The van der Waals surface area contributed by atoms with Gasteiger partial charge in [0.25, 0.3) is 0 Å². The van der Waals surface area contributed by atoms with Crippen LogP contribution in [0.1, 0.15) is 46.0 Å². The van der Waals surface area contributed by atoms with E-state index in [-0.39, 0.29) is 25.0 Å². The van der Waals surface area contributed by atoms with Gasteiger partial charge in [0.05, 0.1) is 5.92 Å². The Morgan fingerprint density at radius 3 is 2.33 bits per heavy atom. The maximum atomic E-state index is 12.9. The first-order valence-corrected chi connectivity index (χ1v) is 6.80. The fourth-order valence-corrected chi connectivity index (χ4v) is 2.75. The van der Waals surface area contributed by atoms with E-state index >= 15 is 0 Å². The Labute approximate surface area is 107 Å². The summed E-state index contributed by atoms with van der Waals surface area (Å²) in [6, 6.07) is -0.527. The standard InChI is InChI=1S/C13H24F3NO/c1-9(2)11(7-8-18)17-12-6-4-3-5-10(12)13(14,15)16/h9-12,17-18H,3-8H2,1-2H3. The van der Waals surface area contributed by atoms with Crippen LogP contribution in [-0.2, 0) is 0 Å². The molecule has 2 N–H and O–H groups in total. The monoisotopic (exact) mass is 267 g/mol. The van der Waals surface area contributed by atoms with Crippen LogP contribution in [0.2, 0.25) is 0 Å². The molecule has 0 spiro atoms. The van der Waals surface area contributed by atoms with Crippen LogP contribution in [0.4, 0.5) is 13.2 Å². The number of nitrogens with one attached hydrogen (secondary N) is 1. The van der Waals surface area contributed by atoms with Crippen molar-refractivity contribution in [2.45, 2.75) is 64.2 Å². The third-order valence-electron chi connectivity index (χ3n) is 3.86. The molecule has 1 rings (SSSR count). The molecule has 0 heterocycles. The van der Waals surface area contributed by atoms with Gasteiger partial charge >= 0.3 is 6.18 Å². The van der Waals surface area contributed by atoms with E-state index in [0.29, 0.717) is 19.3 Å². The van der Waals surface area contributed by atoms with Crippen LogP contribution in [0, 0.1) is 11.8 Å². The summed E-state index contributed by atoms with van der Waals surface area (Å²) in [5.41, 5.74) is 0. The van der Waals surface area contributed by atoms with E-state index in [1.54, 1.807) is 0 Å². The normalized spacial score (nSPS) is 27.5. The highest BCUT2D eigenvalue weighted by Crippen LogP contribution is 2.38. The van der Waals surface area contributed by atoms with Crippen LogP contribution >= 0.6 is 0 Å². The first kappa shape index (κ1) is 15.8. The Bertz CT molecular complexity index is 243. The third kappa shape index (κ3) is 4.43. The van der Waals surface area contributed by atoms with Gasteiger partial charge in [-0.25, -0.2) is 0 Å². The molecule has 2 nitrogen and oxygen atoms in total. The number of hydrogen-bond donors (Lipinski definition) is 2. The van der Waals surface area contributed by atoms with Crippen LogP contribution in [0.5, 0.6) is 0 Å². The lowest BCUT2D eigenvalue weighted by Crippen LogP contribution is -2.50. The maximum Gasteiger partial charge on any atom is 0.393 e. The van der Waals surface area contributed by atoms with E-state index in [1.165, 1.54) is 0 Å². The Hall–Kier alpha value is -0.290. The fourth-order valence-electron chi connectivity index (χ4n) is 2.75. The molecule has 0 saturated heterocycles. The Morgan fingerprint density at radius 2 is 1.83 bits per heavy atom. The summed E-state index contributed by atoms with van der Waals surface area (Å²) < 4.78 is 38.8. The molecular weight excluding hydrogens is 243 g/mol. The van der Waals surface area contributed by atoms with Gasteiger partial charge in [-0.2, -0.15) is 13.2 Å². The van der Waals surface area contributed by atoms with Gasteiger partial charge in [-0.05, 0) is 25.2 Å². The minimum atomic E-state index is -4.11. The maximum absolute atomic E-state index is 12.9. The molecule has 1 saturated carbocycles. The Balaban J connectivity index is 2.65. The average molecular weight is 267 g/mol. The van der Waals surface area contributed by atoms with Crippen molar-refractivity contribution in [1.82, 2.24) is 5.32 Å². The Morgan fingerprint density at radius 1 is 1.22 bits per heavy atom. The molecule has 0 radical (unpaired) electrons. The van der Waals surface area contributed by atoms with E-state index in [9.17, 15) is 13.2 Å². The van der Waals surface area contributed by atoms with Gasteiger partial charge in [0.15, 0.2) is 0 Å². The number of aliphatic hydroxyl groups is 1. The predicted octanol–water partition coefficient (Wildman–Crippen LogP) is 3.10. The van der Waals surface area contributed by atoms with Gasteiger partial charge in [0, 0.05) is 18.7 Å². The van der Waals surface area contributed by atoms with Crippen molar-refractivity contribution in [2.24, 2.45) is 11.8 Å². The zero-order chi connectivity index (χ0) is 13.8. The summed E-state index contributed by atoms with van der Waals surface area (Å²) in [7, 11) is 0. The summed E-state index contributed by atoms with van der Waals surface area (Å²) in [5.74, 6) is -1.00. The zero-order valence-electron chi connectivity index (χ0n) is 11.1. The van der Waals surface area contributed by atoms with Gasteiger partial charge in [-0.1, -0.05) is 26.7 Å². The Kier molecular flexibility index (Phi) is 5.92. The minimum absolute atomic E-state index is 0.0131. The van der Waals surface area contributed by atoms with Crippen LogP contribution in [0.3, 0.4) is 0 Å². The van der Waals surface area contributed by atoms with Gasteiger partial charge < -0.3 is 10.4 Å². The molecule has 0 aromatic rings. The molecule has 0 aliphatic heterocycles. The molecule has 3 atom stereocenters. The summed E-state index contributed by atoms with van der Waals surface area (Å²) in [4.78, 5) is 0. The lowest BCUT2D eigenvalue weighted by atomic mass is 9.83. The second-order valence-electron chi connectivity index (χ2n) is 5.57. The molecule has 0 aromatic carbocycles. The van der Waals surface area contributed by atoms with Crippen molar-refractivity contribution >= 4 is 0 Å². The van der Waals surface area contributed by atoms with Gasteiger partial charge in [0.2, 0.25) is 0 Å². The molecule has 1 aliphatic carbocycles. The number of hydrogen-bond acceptors (Lipinski definition) is 2. The van der Waals surface area contributed by atoms with E-state index in [1.807, 2.05) is 13.8 Å². The van der Waals surface area contributed by atoms with Crippen LogP contribution in [-0.4, -0.2) is 30.0 Å². The summed E-state index contributed by atoms with van der Waals surface area (Å²) >= 11 is 0. The lowest BCUT2D eigenvalue weighted by Gasteiger charge is -2.37. The first-order valence-electron chi connectivity index (χ1n) is 6.80. The molecule has 5 heteroatoms. The molecule has 1 fully saturated rings. The third-order valence-corrected chi connectivity index (χ3v) is 3.86. The second kappa shape index (κ2) is 6.75. The molecular formula is C13H24F3NO. The van der Waals surface area contributed by atoms with Gasteiger partial charge in [0.1, 0.15) is 0 Å². The number of aliphatic hydroxyl groups excluding tert-OH is 1. The van der Waals surface area contributed by atoms with Crippen molar-refractivity contribution < 1.29 is 18.3 Å². The van der Waals surface area contributed by atoms with Crippen LogP contribution in [0.15, 0.2) is 0 Å². The highest BCUT2D eigenvalue weighted by molar-refractivity contribution is 4.88. The minimum Gasteiger partial charge on any atom is -0.396 e.